The van der Waals surface area contributed by atoms with E-state index in [-0.39, 0.29) is 25.6 Å². The lowest BCUT2D eigenvalue weighted by Gasteiger charge is -2.41. The first-order valence-electron chi connectivity index (χ1n) is 15.4. The van der Waals surface area contributed by atoms with E-state index >= 15 is 8.78 Å². The van der Waals surface area contributed by atoms with Gasteiger partial charge < -0.3 is 19.5 Å². The molecule has 3 aliphatic heterocycles. The lowest BCUT2D eigenvalue weighted by molar-refractivity contribution is -0.150. The summed E-state index contributed by atoms with van der Waals surface area (Å²) in [6.45, 7) is 8.11. The second-order valence-corrected chi connectivity index (χ2v) is 12.4. The summed E-state index contributed by atoms with van der Waals surface area (Å²) in [4.78, 5) is 28.9. The number of aryl methyl sites for hydroxylation is 1. The largest absolute Gasteiger partial charge is 0.450 e. The Morgan fingerprint density at radius 1 is 1.07 bits per heavy atom. The molecule has 4 unspecified atom stereocenters. The Kier molecular flexibility index (Phi) is 9.15. The van der Waals surface area contributed by atoms with Crippen molar-refractivity contribution in [2.24, 2.45) is 5.92 Å². The Balaban J connectivity index is 1.25. The van der Waals surface area contributed by atoms with E-state index in [4.69, 9.17) is 4.74 Å². The third-order valence-corrected chi connectivity index (χ3v) is 9.27. The van der Waals surface area contributed by atoms with Gasteiger partial charge in [0.25, 0.3) is 5.92 Å². The van der Waals surface area contributed by atoms with Crippen LogP contribution in [0.25, 0.3) is 0 Å². The Labute approximate surface area is 247 Å². The molecule has 11 heteroatoms. The highest BCUT2D eigenvalue weighted by atomic mass is 19.3. The van der Waals surface area contributed by atoms with Crippen molar-refractivity contribution >= 4 is 12.0 Å². The van der Waals surface area contributed by atoms with Gasteiger partial charge in [-0.15, -0.1) is 10.2 Å². The molecular weight excluding hydrogens is 542 g/mol. The molecule has 42 heavy (non-hydrogen) atoms. The van der Waals surface area contributed by atoms with Gasteiger partial charge in [0.05, 0.1) is 19.2 Å². The molecule has 0 saturated carbocycles. The van der Waals surface area contributed by atoms with Crippen LogP contribution in [-0.4, -0.2) is 80.8 Å². The Hall–Kier alpha value is -3.08. The van der Waals surface area contributed by atoms with Crippen molar-refractivity contribution in [1.82, 2.24) is 29.9 Å². The van der Waals surface area contributed by atoms with E-state index in [9.17, 15) is 9.59 Å². The minimum absolute atomic E-state index is 0.0608. The molecule has 4 atom stereocenters. The molecule has 2 aromatic rings. The lowest BCUT2D eigenvalue weighted by atomic mass is 9.91. The smallest absolute Gasteiger partial charge is 0.409 e. The van der Waals surface area contributed by atoms with Gasteiger partial charge in [0, 0.05) is 37.1 Å². The summed E-state index contributed by atoms with van der Waals surface area (Å²) in [6, 6.07) is 10.4. The van der Waals surface area contributed by atoms with E-state index in [2.05, 4.69) is 38.8 Å². The topological polar surface area (TPSA) is 92.6 Å². The highest BCUT2D eigenvalue weighted by Gasteiger charge is 2.50. The number of rotatable bonds is 9. The van der Waals surface area contributed by atoms with Gasteiger partial charge >= 0.3 is 6.09 Å². The molecule has 5 rings (SSSR count). The minimum atomic E-state index is -3.34. The van der Waals surface area contributed by atoms with Crippen molar-refractivity contribution in [2.75, 3.05) is 26.2 Å². The van der Waals surface area contributed by atoms with Gasteiger partial charge in [-0.1, -0.05) is 44.2 Å². The van der Waals surface area contributed by atoms with Crippen LogP contribution in [0.1, 0.15) is 94.5 Å². The number of hydrogen-bond acceptors (Lipinski definition) is 6. The van der Waals surface area contributed by atoms with Gasteiger partial charge in [-0.3, -0.25) is 9.69 Å². The number of hydrogen-bond donors (Lipinski definition) is 1. The fourth-order valence-corrected chi connectivity index (χ4v) is 7.24. The molecule has 3 aliphatic rings. The number of carbonyl (C=O) groups excluding carboxylic acids is 2. The maximum absolute atomic E-state index is 15.1. The summed E-state index contributed by atoms with van der Waals surface area (Å²) in [5.74, 6) is -3.18. The molecule has 230 valence electrons. The number of aromatic nitrogens is 3. The molecule has 1 aromatic carbocycles. The summed E-state index contributed by atoms with van der Waals surface area (Å²) in [5, 5.41) is 11.8. The zero-order valence-corrected chi connectivity index (χ0v) is 25.1. The molecule has 2 bridgehead atoms. The molecule has 3 fully saturated rings. The predicted molar refractivity (Wildman–Crippen MR) is 154 cm³/mol. The fourth-order valence-electron chi connectivity index (χ4n) is 7.24. The predicted octanol–water partition coefficient (Wildman–Crippen LogP) is 5.24. The summed E-state index contributed by atoms with van der Waals surface area (Å²) in [5.41, 5.74) is 0.905. The number of benzene rings is 1. The maximum Gasteiger partial charge on any atom is 0.409 e. The molecule has 0 aliphatic carbocycles. The van der Waals surface area contributed by atoms with Crippen LogP contribution < -0.4 is 5.32 Å². The molecule has 1 aromatic heterocycles. The van der Waals surface area contributed by atoms with E-state index in [0.29, 0.717) is 30.5 Å². The summed E-state index contributed by atoms with van der Waals surface area (Å²) in [6.07, 6.45) is 4.07. The average Bonchev–Trinajstić information content (AvgIpc) is 3.45. The van der Waals surface area contributed by atoms with E-state index in [1.54, 1.807) is 6.92 Å². The fraction of sp³-hybridized carbons (Fsp3) is 0.677. The number of likely N-dealkylation sites (tertiary alicyclic amines) is 1. The minimum Gasteiger partial charge on any atom is -0.450 e. The molecule has 3 saturated heterocycles. The number of amides is 2. The quantitative estimate of drug-likeness (QED) is 0.432. The normalized spacial score (nSPS) is 26.3. The van der Waals surface area contributed by atoms with Crippen molar-refractivity contribution < 1.29 is 23.1 Å². The summed E-state index contributed by atoms with van der Waals surface area (Å²) < 4.78 is 37.5. The number of nitrogens with zero attached hydrogens (tertiary/aromatic N) is 5. The van der Waals surface area contributed by atoms with Gasteiger partial charge in [0.1, 0.15) is 17.6 Å². The van der Waals surface area contributed by atoms with Gasteiger partial charge in [0.15, 0.2) is 0 Å². The zero-order valence-electron chi connectivity index (χ0n) is 25.1. The first-order chi connectivity index (χ1) is 20.1. The first-order valence-corrected chi connectivity index (χ1v) is 15.4. The first kappa shape index (κ1) is 30.4. The van der Waals surface area contributed by atoms with E-state index in [0.717, 1.165) is 54.3 Å². The van der Waals surface area contributed by atoms with E-state index < -0.39 is 30.4 Å². The van der Waals surface area contributed by atoms with Crippen LogP contribution in [0.2, 0.25) is 0 Å². The Bertz CT molecular complexity index is 1220. The van der Waals surface area contributed by atoms with E-state index in [1.165, 1.54) is 0 Å². The van der Waals surface area contributed by atoms with Crippen LogP contribution in [0.15, 0.2) is 30.3 Å². The van der Waals surface area contributed by atoms with Crippen LogP contribution in [0.4, 0.5) is 13.6 Å². The SMILES string of the molecule is CCOC(=O)N1CCC(C(=O)NC(CCN2C3CCC2CC(n2c(C)nnc2C(C)C)C3)c2ccccc2)C(F)(F)C1. The molecule has 0 radical (unpaired) electrons. The molecule has 4 heterocycles. The molecule has 0 spiro atoms. The second-order valence-electron chi connectivity index (χ2n) is 12.4. The highest BCUT2D eigenvalue weighted by Crippen LogP contribution is 2.42. The average molecular weight is 587 g/mol. The van der Waals surface area contributed by atoms with Gasteiger partial charge in [-0.2, -0.15) is 0 Å². The number of nitrogens with one attached hydrogen (secondary N) is 1. The third-order valence-electron chi connectivity index (χ3n) is 9.27. The van der Waals surface area contributed by atoms with Gasteiger partial charge in [-0.25, -0.2) is 13.6 Å². The van der Waals surface area contributed by atoms with Gasteiger partial charge in [-0.05, 0) is 57.9 Å². The standard InChI is InChI=1S/C31H44F2N6O3/c1-5-42-30(41)37-15-13-26(31(32,33)19-37)29(40)34-27(22-9-7-6-8-10-22)14-16-38-23-11-12-24(38)18-25(17-23)39-21(4)35-36-28(39)20(2)3/h6-10,20,23-27H,5,11-19H2,1-4H3,(H,34,40). The highest BCUT2D eigenvalue weighted by molar-refractivity contribution is 5.81. The van der Waals surface area contributed by atoms with Crippen LogP contribution >= 0.6 is 0 Å². The van der Waals surface area contributed by atoms with Crippen molar-refractivity contribution in [2.45, 2.75) is 102 Å². The Morgan fingerprint density at radius 2 is 1.76 bits per heavy atom. The van der Waals surface area contributed by atoms with Crippen molar-refractivity contribution in [3.8, 4) is 0 Å². The molecule has 2 amide bonds. The summed E-state index contributed by atoms with van der Waals surface area (Å²) in [7, 11) is 0. The zero-order chi connectivity index (χ0) is 30.0. The van der Waals surface area contributed by atoms with E-state index in [1.807, 2.05) is 37.3 Å². The van der Waals surface area contributed by atoms with Crippen LogP contribution in [0.5, 0.6) is 0 Å². The third kappa shape index (κ3) is 6.31. The van der Waals surface area contributed by atoms with Gasteiger partial charge in [0.2, 0.25) is 5.91 Å². The Morgan fingerprint density at radius 3 is 2.38 bits per heavy atom. The number of piperidine rings is 2. The van der Waals surface area contributed by atoms with Crippen molar-refractivity contribution in [3.63, 3.8) is 0 Å². The maximum atomic E-state index is 15.1. The number of halogens is 2. The molecule has 1 N–H and O–H groups in total. The molecule has 9 nitrogen and oxygen atoms in total. The number of fused-ring (bicyclic) bond motifs is 2. The van der Waals surface area contributed by atoms with Crippen LogP contribution in [0, 0.1) is 12.8 Å². The monoisotopic (exact) mass is 586 g/mol. The van der Waals surface area contributed by atoms with Crippen LogP contribution in [-0.2, 0) is 9.53 Å². The van der Waals surface area contributed by atoms with Crippen molar-refractivity contribution in [1.29, 1.82) is 0 Å². The van der Waals surface area contributed by atoms with Crippen LogP contribution in [0.3, 0.4) is 0 Å². The van der Waals surface area contributed by atoms with Crippen molar-refractivity contribution in [3.05, 3.63) is 47.5 Å². The lowest BCUT2D eigenvalue weighted by Crippen LogP contribution is -2.55. The number of ether oxygens (including phenoxy) is 1. The number of alkyl halides is 2. The summed E-state index contributed by atoms with van der Waals surface area (Å²) >= 11 is 0. The number of carbonyl (C=O) groups is 2. The molecular formula is C31H44F2N6O3. The second kappa shape index (κ2) is 12.7.